The van der Waals surface area contributed by atoms with Gasteiger partial charge in [0, 0.05) is 40.3 Å². The van der Waals surface area contributed by atoms with Gasteiger partial charge in [-0.15, -0.1) is 0 Å². The van der Waals surface area contributed by atoms with E-state index in [2.05, 4.69) is 32.8 Å². The summed E-state index contributed by atoms with van der Waals surface area (Å²) in [6.45, 7) is 0. The van der Waals surface area contributed by atoms with Crippen molar-refractivity contribution in [3.05, 3.63) is 71.8 Å². The van der Waals surface area contributed by atoms with Crippen molar-refractivity contribution in [3.63, 3.8) is 0 Å². The molecule has 0 N–H and O–H groups in total. The molecule has 27 heavy (non-hydrogen) atoms. The van der Waals surface area contributed by atoms with E-state index in [1.165, 1.54) is 43.1 Å². The van der Waals surface area contributed by atoms with Gasteiger partial charge in [-0.2, -0.15) is 5.10 Å². The molecule has 5 rings (SSSR count). The molecule has 0 radical (unpaired) electrons. The molecule has 1 aromatic carbocycles. The third kappa shape index (κ3) is 2.85. The van der Waals surface area contributed by atoms with Crippen molar-refractivity contribution < 1.29 is 0 Å². The topological polar surface area (TPSA) is 35.6 Å². The number of hydrogen-bond donors (Lipinski definition) is 0. The fourth-order valence-corrected chi connectivity index (χ4v) is 4.54. The molecule has 0 unspecified atom stereocenters. The zero-order valence-electron chi connectivity index (χ0n) is 15.1. The monoisotopic (exact) mass is 376 g/mol. The van der Waals surface area contributed by atoms with Crippen LogP contribution in [-0.2, 0) is 0 Å². The lowest BCUT2D eigenvalue weighted by Gasteiger charge is -2.23. The molecule has 5 heteroatoms. The number of aromatic nitrogens is 4. The van der Waals surface area contributed by atoms with Crippen molar-refractivity contribution in [1.82, 2.24) is 19.3 Å². The Morgan fingerprint density at radius 1 is 0.963 bits per heavy atom. The van der Waals surface area contributed by atoms with Gasteiger partial charge in [-0.25, -0.2) is 4.68 Å². The molecule has 1 fully saturated rings. The number of benzene rings is 1. The van der Waals surface area contributed by atoms with E-state index in [0.717, 1.165) is 22.0 Å². The molecule has 3 aromatic heterocycles. The van der Waals surface area contributed by atoms with Crippen LogP contribution in [0.3, 0.4) is 0 Å². The summed E-state index contributed by atoms with van der Waals surface area (Å²) in [5.74, 6) is 1.67. The molecular formula is C22H21ClN4. The Balaban J connectivity index is 1.85. The third-order valence-electron chi connectivity index (χ3n) is 5.60. The maximum absolute atomic E-state index is 6.14. The molecule has 4 nitrogen and oxygen atoms in total. The van der Waals surface area contributed by atoms with E-state index in [0.29, 0.717) is 5.92 Å². The van der Waals surface area contributed by atoms with Gasteiger partial charge in [0.1, 0.15) is 5.82 Å². The highest BCUT2D eigenvalue weighted by Gasteiger charge is 2.27. The Hall–Kier alpha value is -2.59. The van der Waals surface area contributed by atoms with E-state index in [1.54, 1.807) is 0 Å². The largest absolute Gasteiger partial charge is 0.293 e. The highest BCUT2D eigenvalue weighted by Crippen LogP contribution is 2.42. The van der Waals surface area contributed by atoms with Crippen LogP contribution in [0.1, 0.15) is 43.6 Å². The van der Waals surface area contributed by atoms with Crippen molar-refractivity contribution in [1.29, 1.82) is 0 Å². The van der Waals surface area contributed by atoms with Crippen LogP contribution in [0.15, 0.2) is 61.2 Å². The molecule has 1 saturated carbocycles. The number of nitrogens with zero attached hydrogens (tertiary/aromatic N) is 4. The predicted octanol–water partition coefficient (Wildman–Crippen LogP) is 5.91. The normalized spacial score (nSPS) is 15.4. The Bertz CT molecular complexity index is 1060. The SMILES string of the molecule is Clc1ccc(-n2c(-n3cccn3)c(C3CCCCC3)c3ccncc32)cc1. The minimum Gasteiger partial charge on any atom is -0.293 e. The first-order valence-electron chi connectivity index (χ1n) is 9.57. The van der Waals surface area contributed by atoms with E-state index < -0.39 is 0 Å². The van der Waals surface area contributed by atoms with Gasteiger partial charge in [-0.1, -0.05) is 30.9 Å². The third-order valence-corrected chi connectivity index (χ3v) is 5.86. The van der Waals surface area contributed by atoms with Crippen LogP contribution in [0.2, 0.25) is 5.02 Å². The van der Waals surface area contributed by atoms with Crippen LogP contribution in [0.25, 0.3) is 22.4 Å². The minimum atomic E-state index is 0.552. The Morgan fingerprint density at radius 2 is 1.78 bits per heavy atom. The van der Waals surface area contributed by atoms with Crippen molar-refractivity contribution in [2.24, 2.45) is 0 Å². The zero-order valence-corrected chi connectivity index (χ0v) is 15.8. The number of fused-ring (bicyclic) bond motifs is 1. The summed E-state index contributed by atoms with van der Waals surface area (Å²) < 4.78 is 4.27. The molecule has 3 heterocycles. The van der Waals surface area contributed by atoms with Gasteiger partial charge in [0.2, 0.25) is 0 Å². The summed E-state index contributed by atoms with van der Waals surface area (Å²) in [6, 6.07) is 12.1. The molecule has 1 aliphatic carbocycles. The lowest BCUT2D eigenvalue weighted by Crippen LogP contribution is -2.11. The number of rotatable bonds is 3. The summed E-state index contributed by atoms with van der Waals surface area (Å²) in [5, 5.41) is 6.60. The molecule has 1 aliphatic rings. The molecule has 0 bridgehead atoms. The van der Waals surface area contributed by atoms with Gasteiger partial charge < -0.3 is 0 Å². The summed E-state index contributed by atoms with van der Waals surface area (Å²) >= 11 is 6.14. The van der Waals surface area contributed by atoms with E-state index in [1.807, 2.05) is 47.7 Å². The van der Waals surface area contributed by atoms with Gasteiger partial charge in [-0.3, -0.25) is 9.55 Å². The fraction of sp³-hybridized carbons (Fsp3) is 0.273. The van der Waals surface area contributed by atoms with Crippen LogP contribution < -0.4 is 0 Å². The van der Waals surface area contributed by atoms with Crippen LogP contribution >= 0.6 is 11.6 Å². The molecular weight excluding hydrogens is 356 g/mol. The number of pyridine rings is 1. The minimum absolute atomic E-state index is 0.552. The maximum atomic E-state index is 6.14. The second-order valence-corrected chi connectivity index (χ2v) is 7.66. The lowest BCUT2D eigenvalue weighted by molar-refractivity contribution is 0.444. The van der Waals surface area contributed by atoms with Gasteiger partial charge in [-0.05, 0) is 55.2 Å². The Labute approximate surface area is 163 Å². The second kappa shape index (κ2) is 6.86. The lowest BCUT2D eigenvalue weighted by atomic mass is 9.83. The molecule has 4 aromatic rings. The van der Waals surface area contributed by atoms with Gasteiger partial charge in [0.25, 0.3) is 0 Å². The molecule has 0 atom stereocenters. The first kappa shape index (κ1) is 16.6. The van der Waals surface area contributed by atoms with Crippen LogP contribution in [0.5, 0.6) is 0 Å². The van der Waals surface area contributed by atoms with E-state index >= 15 is 0 Å². The van der Waals surface area contributed by atoms with E-state index in [4.69, 9.17) is 11.6 Å². The standard InChI is InChI=1S/C22H21ClN4/c23-17-7-9-18(10-8-17)27-20-15-24-13-11-19(20)21(16-5-2-1-3-6-16)22(27)26-14-4-12-25-26/h4,7-16H,1-3,5-6H2. The van der Waals surface area contributed by atoms with Gasteiger partial charge >= 0.3 is 0 Å². The Kier molecular flexibility index (Phi) is 4.21. The van der Waals surface area contributed by atoms with Crippen LogP contribution in [-0.4, -0.2) is 19.3 Å². The molecule has 0 amide bonds. The average Bonchev–Trinajstić information content (AvgIpc) is 3.35. The first-order valence-corrected chi connectivity index (χ1v) is 9.95. The summed E-state index contributed by atoms with van der Waals surface area (Å²) in [4.78, 5) is 4.42. The quantitative estimate of drug-likeness (QED) is 0.445. The van der Waals surface area contributed by atoms with Crippen molar-refractivity contribution in [3.8, 4) is 11.5 Å². The van der Waals surface area contributed by atoms with E-state index in [-0.39, 0.29) is 0 Å². The van der Waals surface area contributed by atoms with Crippen LogP contribution in [0, 0.1) is 0 Å². The smallest absolute Gasteiger partial charge is 0.143 e. The maximum Gasteiger partial charge on any atom is 0.143 e. The van der Waals surface area contributed by atoms with Gasteiger partial charge in [0.15, 0.2) is 0 Å². The molecule has 0 saturated heterocycles. The number of hydrogen-bond acceptors (Lipinski definition) is 2. The highest BCUT2D eigenvalue weighted by molar-refractivity contribution is 6.30. The van der Waals surface area contributed by atoms with Crippen molar-refractivity contribution in [2.75, 3.05) is 0 Å². The van der Waals surface area contributed by atoms with Crippen LogP contribution in [0.4, 0.5) is 0 Å². The summed E-state index contributed by atoms with van der Waals surface area (Å²) in [7, 11) is 0. The van der Waals surface area contributed by atoms with Crippen molar-refractivity contribution in [2.45, 2.75) is 38.0 Å². The number of halogens is 1. The van der Waals surface area contributed by atoms with E-state index in [9.17, 15) is 0 Å². The molecule has 136 valence electrons. The second-order valence-electron chi connectivity index (χ2n) is 7.23. The average molecular weight is 377 g/mol. The first-order chi connectivity index (χ1) is 13.3. The predicted molar refractivity (Wildman–Crippen MR) is 109 cm³/mol. The summed E-state index contributed by atoms with van der Waals surface area (Å²) in [6.07, 6.45) is 14.1. The summed E-state index contributed by atoms with van der Waals surface area (Å²) in [5.41, 5.74) is 3.58. The molecule has 0 aliphatic heterocycles. The zero-order chi connectivity index (χ0) is 18.2. The fourth-order valence-electron chi connectivity index (χ4n) is 4.41. The highest BCUT2D eigenvalue weighted by atomic mass is 35.5. The van der Waals surface area contributed by atoms with Crippen molar-refractivity contribution >= 4 is 22.5 Å². The molecule has 0 spiro atoms. The van der Waals surface area contributed by atoms with Gasteiger partial charge in [0.05, 0.1) is 11.7 Å². The Morgan fingerprint density at radius 3 is 2.52 bits per heavy atom.